The first kappa shape index (κ1) is 23.9. The van der Waals surface area contributed by atoms with Crippen LogP contribution in [0.3, 0.4) is 0 Å². The number of anilines is 1. The quantitative estimate of drug-likeness (QED) is 0.501. The molecule has 0 radical (unpaired) electrons. The number of carbonyl (C=O) groups is 1. The van der Waals surface area contributed by atoms with E-state index in [1.807, 2.05) is 30.9 Å². The van der Waals surface area contributed by atoms with Crippen molar-refractivity contribution in [2.24, 2.45) is 0 Å². The molecule has 1 N–H and O–H groups in total. The second kappa shape index (κ2) is 9.40. The highest BCUT2D eigenvalue weighted by molar-refractivity contribution is 7.88. The Balaban J connectivity index is 2.25. The summed E-state index contributed by atoms with van der Waals surface area (Å²) in [5.41, 5.74) is 2.35. The Labute approximate surface area is 191 Å². The molecule has 1 heterocycles. The highest BCUT2D eigenvalue weighted by Crippen LogP contribution is 2.28. The molecule has 1 aromatic heterocycles. The van der Waals surface area contributed by atoms with E-state index in [4.69, 9.17) is 11.6 Å². The average molecular weight is 477 g/mol. The van der Waals surface area contributed by atoms with Gasteiger partial charge in [0.1, 0.15) is 0 Å². The Morgan fingerprint density at radius 3 is 2.53 bits per heavy atom. The van der Waals surface area contributed by atoms with Crippen LogP contribution >= 0.6 is 11.6 Å². The molecule has 0 bridgehead atoms. The van der Waals surface area contributed by atoms with E-state index >= 15 is 0 Å². The minimum Gasteiger partial charge on any atom is -0.370 e. The average Bonchev–Trinajstić information content (AvgIpc) is 2.70. The van der Waals surface area contributed by atoms with Gasteiger partial charge < -0.3 is 4.90 Å². The molecule has 10 heteroatoms. The number of aryl methyl sites for hydroxylation is 1. The molecule has 3 aromatic rings. The molecular formula is C22H25ClN4O4S. The van der Waals surface area contributed by atoms with Gasteiger partial charge in [0, 0.05) is 32.2 Å². The lowest BCUT2D eigenvalue weighted by Gasteiger charge is -2.25. The number of likely N-dealkylation sites (N-methyl/N-ethyl adjacent to an activating group) is 1. The number of nitrogens with one attached hydrogen (secondary N) is 1. The number of ketones is 1. The van der Waals surface area contributed by atoms with Gasteiger partial charge in [0.15, 0.2) is 11.5 Å². The van der Waals surface area contributed by atoms with Crippen LogP contribution in [0.15, 0.2) is 41.2 Å². The summed E-state index contributed by atoms with van der Waals surface area (Å²) in [6.07, 6.45) is 1.12. The normalized spacial score (nSPS) is 11.7. The van der Waals surface area contributed by atoms with Gasteiger partial charge in [-0.1, -0.05) is 23.7 Å². The monoisotopic (exact) mass is 476 g/mol. The smallest absolute Gasteiger partial charge is 0.285 e. The van der Waals surface area contributed by atoms with E-state index in [0.29, 0.717) is 34.8 Å². The van der Waals surface area contributed by atoms with Crippen molar-refractivity contribution in [1.29, 1.82) is 0 Å². The van der Waals surface area contributed by atoms with Crippen LogP contribution in [-0.4, -0.2) is 49.6 Å². The molecule has 0 atom stereocenters. The maximum Gasteiger partial charge on any atom is 0.285 e. The fourth-order valence-electron chi connectivity index (χ4n) is 3.55. The van der Waals surface area contributed by atoms with Crippen molar-refractivity contribution in [3.05, 3.63) is 63.0 Å². The molecule has 0 amide bonds. The van der Waals surface area contributed by atoms with E-state index in [2.05, 4.69) is 9.71 Å². The van der Waals surface area contributed by atoms with Crippen LogP contribution < -0.4 is 15.2 Å². The summed E-state index contributed by atoms with van der Waals surface area (Å²) in [7, 11) is -3.30. The molecule has 0 saturated heterocycles. The first-order valence-corrected chi connectivity index (χ1v) is 12.3. The zero-order valence-electron chi connectivity index (χ0n) is 18.3. The zero-order valence-corrected chi connectivity index (χ0v) is 19.9. The lowest BCUT2D eigenvalue weighted by Crippen LogP contribution is -2.34. The summed E-state index contributed by atoms with van der Waals surface area (Å²) < 4.78 is 26.7. The SMILES string of the molecule is CCN(CCNS(C)(=O)=O)c1cc(C)c2nc(C(C)=O)c(=O)n(-c3ccccc3Cl)c2c1. The first-order valence-electron chi connectivity index (χ1n) is 10.1. The largest absolute Gasteiger partial charge is 0.370 e. The Bertz CT molecular complexity index is 1350. The lowest BCUT2D eigenvalue weighted by molar-refractivity contribution is 0.101. The second-order valence-electron chi connectivity index (χ2n) is 7.49. The molecule has 8 nitrogen and oxygen atoms in total. The van der Waals surface area contributed by atoms with Crippen molar-refractivity contribution < 1.29 is 13.2 Å². The number of Topliss-reactive ketones (excluding diaryl/α,β-unsaturated/α-hetero) is 1. The number of hydrogen-bond donors (Lipinski definition) is 1. The number of halogens is 1. The number of sulfonamides is 1. The van der Waals surface area contributed by atoms with E-state index in [1.165, 1.54) is 11.5 Å². The Morgan fingerprint density at radius 2 is 1.94 bits per heavy atom. The summed E-state index contributed by atoms with van der Waals surface area (Å²) in [5, 5.41) is 0.365. The van der Waals surface area contributed by atoms with Crippen LogP contribution in [0.4, 0.5) is 5.69 Å². The number of hydrogen-bond acceptors (Lipinski definition) is 6. The number of benzene rings is 2. The molecule has 170 valence electrons. The molecule has 0 aliphatic rings. The van der Waals surface area contributed by atoms with Crippen LogP contribution in [0.5, 0.6) is 0 Å². The third-order valence-corrected chi connectivity index (χ3v) is 6.10. The van der Waals surface area contributed by atoms with E-state index in [1.54, 1.807) is 24.3 Å². The molecule has 0 aliphatic carbocycles. The molecule has 3 rings (SSSR count). The Morgan fingerprint density at radius 1 is 1.25 bits per heavy atom. The minimum absolute atomic E-state index is 0.155. The third kappa shape index (κ3) is 5.01. The Hall–Kier alpha value is -2.75. The summed E-state index contributed by atoms with van der Waals surface area (Å²) in [4.78, 5) is 31.8. The van der Waals surface area contributed by atoms with E-state index in [-0.39, 0.29) is 12.2 Å². The van der Waals surface area contributed by atoms with Gasteiger partial charge in [-0.3, -0.25) is 14.2 Å². The highest BCUT2D eigenvalue weighted by atomic mass is 35.5. The van der Waals surface area contributed by atoms with Crippen LogP contribution in [0.25, 0.3) is 16.7 Å². The number of para-hydroxylation sites is 1. The van der Waals surface area contributed by atoms with Crippen molar-refractivity contribution in [3.8, 4) is 5.69 Å². The van der Waals surface area contributed by atoms with Crippen molar-refractivity contribution in [1.82, 2.24) is 14.3 Å². The third-order valence-electron chi connectivity index (χ3n) is 5.05. The van der Waals surface area contributed by atoms with Crippen molar-refractivity contribution >= 4 is 44.1 Å². The number of fused-ring (bicyclic) bond motifs is 1. The predicted octanol–water partition coefficient (Wildman–Crippen LogP) is 2.93. The topological polar surface area (TPSA) is 101 Å². The van der Waals surface area contributed by atoms with Gasteiger partial charge in [-0.2, -0.15) is 0 Å². The van der Waals surface area contributed by atoms with Gasteiger partial charge in [-0.05, 0) is 43.7 Å². The van der Waals surface area contributed by atoms with Crippen molar-refractivity contribution in [3.63, 3.8) is 0 Å². The molecule has 0 spiro atoms. The fourth-order valence-corrected chi connectivity index (χ4v) is 4.24. The number of carbonyl (C=O) groups excluding carboxylic acids is 1. The van der Waals surface area contributed by atoms with Gasteiger partial charge in [0.25, 0.3) is 5.56 Å². The summed E-state index contributed by atoms with van der Waals surface area (Å²) >= 11 is 6.40. The van der Waals surface area contributed by atoms with Crippen molar-refractivity contribution in [2.75, 3.05) is 30.8 Å². The van der Waals surface area contributed by atoms with Crippen LogP contribution in [0.2, 0.25) is 5.02 Å². The van der Waals surface area contributed by atoms with Crippen LogP contribution in [0.1, 0.15) is 29.9 Å². The molecule has 0 fully saturated rings. The van der Waals surface area contributed by atoms with E-state index in [0.717, 1.165) is 17.5 Å². The van der Waals surface area contributed by atoms with Crippen LogP contribution in [0, 0.1) is 6.92 Å². The first-order chi connectivity index (χ1) is 15.0. The van der Waals surface area contributed by atoms with Gasteiger partial charge in [0.05, 0.1) is 28.0 Å². The second-order valence-corrected chi connectivity index (χ2v) is 9.73. The van der Waals surface area contributed by atoms with Crippen LogP contribution in [-0.2, 0) is 10.0 Å². The maximum atomic E-state index is 13.3. The van der Waals surface area contributed by atoms with Gasteiger partial charge in [-0.25, -0.2) is 18.1 Å². The molecule has 0 aliphatic heterocycles. The Kier molecular flexibility index (Phi) is 7.02. The fraction of sp³-hybridized carbons (Fsp3) is 0.318. The molecule has 0 unspecified atom stereocenters. The minimum atomic E-state index is -3.30. The summed E-state index contributed by atoms with van der Waals surface area (Å²) in [5.74, 6) is -0.428. The standard InChI is InChI=1S/C22H25ClN4O4S/c1-5-26(11-10-24-32(4,30)31)16-12-14(2)20-19(13-16)27(18-9-7-6-8-17(18)23)22(29)21(25-20)15(3)28/h6-9,12-13,24H,5,10-11H2,1-4H3. The number of aromatic nitrogens is 2. The van der Waals surface area contributed by atoms with Crippen molar-refractivity contribution in [2.45, 2.75) is 20.8 Å². The molecular weight excluding hydrogens is 452 g/mol. The maximum absolute atomic E-state index is 13.3. The van der Waals surface area contributed by atoms with E-state index in [9.17, 15) is 18.0 Å². The van der Waals surface area contributed by atoms with Gasteiger partial charge in [0.2, 0.25) is 10.0 Å². The summed E-state index contributed by atoms with van der Waals surface area (Å²) in [6.45, 7) is 6.41. The molecule has 2 aromatic carbocycles. The highest BCUT2D eigenvalue weighted by Gasteiger charge is 2.20. The zero-order chi connectivity index (χ0) is 23.6. The predicted molar refractivity (Wildman–Crippen MR) is 128 cm³/mol. The summed E-state index contributed by atoms with van der Waals surface area (Å²) in [6, 6.07) is 10.6. The van der Waals surface area contributed by atoms with E-state index < -0.39 is 21.4 Å². The van der Waals surface area contributed by atoms with Gasteiger partial charge >= 0.3 is 0 Å². The number of nitrogens with zero attached hydrogens (tertiary/aromatic N) is 3. The molecule has 0 saturated carbocycles. The molecule has 32 heavy (non-hydrogen) atoms. The number of rotatable bonds is 8. The van der Waals surface area contributed by atoms with Gasteiger partial charge in [-0.15, -0.1) is 0 Å². The lowest BCUT2D eigenvalue weighted by atomic mass is 10.1.